The molecule has 0 radical (unpaired) electrons. The Labute approximate surface area is 137 Å². The van der Waals surface area contributed by atoms with Crippen molar-refractivity contribution in [3.8, 4) is 0 Å². The Morgan fingerprint density at radius 2 is 2.17 bits per heavy atom. The van der Waals surface area contributed by atoms with Crippen LogP contribution in [0.15, 0.2) is 30.6 Å². The van der Waals surface area contributed by atoms with E-state index in [2.05, 4.69) is 27.0 Å². The van der Waals surface area contributed by atoms with Crippen LogP contribution in [0.4, 0.5) is 0 Å². The summed E-state index contributed by atoms with van der Waals surface area (Å²) in [6.07, 6.45) is 9.37. The van der Waals surface area contributed by atoms with Crippen LogP contribution in [0.2, 0.25) is 0 Å². The summed E-state index contributed by atoms with van der Waals surface area (Å²) in [7, 11) is 0. The SMILES string of the molecule is c1ccn2c(CCN[C@H]3CCOC4(CCOCC4)C3)cnc2c1. The molecule has 0 unspecified atom stereocenters. The maximum Gasteiger partial charge on any atom is 0.136 e. The molecule has 2 fully saturated rings. The first-order valence-corrected chi connectivity index (χ1v) is 8.71. The number of hydrogen-bond acceptors (Lipinski definition) is 4. The number of ether oxygens (including phenoxy) is 2. The lowest BCUT2D eigenvalue weighted by atomic mass is 9.84. The number of imidazole rings is 1. The first-order valence-electron chi connectivity index (χ1n) is 8.71. The van der Waals surface area contributed by atoms with E-state index in [1.54, 1.807) is 0 Å². The Morgan fingerprint density at radius 3 is 3.09 bits per heavy atom. The average molecular weight is 315 g/mol. The highest BCUT2D eigenvalue weighted by molar-refractivity contribution is 5.39. The fraction of sp³-hybridized carbons (Fsp3) is 0.611. The van der Waals surface area contributed by atoms with Crippen LogP contribution in [0.1, 0.15) is 31.4 Å². The minimum atomic E-state index is 0.0669. The standard InChI is InChI=1S/C18H25N3O2/c1-2-9-21-16(14-20-17(21)3-1)4-8-19-15-5-10-23-18(13-15)6-11-22-12-7-18/h1-3,9,14-15,19H,4-8,10-13H2/t15-/m0/s1. The van der Waals surface area contributed by atoms with Gasteiger partial charge in [-0.25, -0.2) is 4.98 Å². The Hall–Kier alpha value is -1.43. The number of aromatic nitrogens is 2. The fourth-order valence-corrected chi connectivity index (χ4v) is 3.87. The molecule has 0 aliphatic carbocycles. The normalized spacial score (nSPS) is 24.3. The molecule has 4 heterocycles. The molecule has 0 aromatic carbocycles. The molecule has 2 aliphatic heterocycles. The van der Waals surface area contributed by atoms with Crippen molar-refractivity contribution in [2.24, 2.45) is 0 Å². The molecular weight excluding hydrogens is 290 g/mol. The Bertz CT molecular complexity index is 643. The molecule has 5 nitrogen and oxygen atoms in total. The van der Waals surface area contributed by atoms with Crippen LogP contribution in [-0.2, 0) is 15.9 Å². The highest BCUT2D eigenvalue weighted by atomic mass is 16.5. The number of nitrogens with one attached hydrogen (secondary N) is 1. The Kier molecular flexibility index (Phi) is 4.33. The molecule has 124 valence electrons. The third kappa shape index (κ3) is 3.27. The van der Waals surface area contributed by atoms with Gasteiger partial charge in [-0.3, -0.25) is 0 Å². The number of fused-ring (bicyclic) bond motifs is 1. The molecule has 1 N–H and O–H groups in total. The maximum absolute atomic E-state index is 6.11. The molecular formula is C18H25N3O2. The van der Waals surface area contributed by atoms with Gasteiger partial charge in [0.05, 0.1) is 5.60 Å². The lowest BCUT2D eigenvalue weighted by molar-refractivity contribution is -0.140. The Morgan fingerprint density at radius 1 is 1.26 bits per heavy atom. The van der Waals surface area contributed by atoms with Crippen molar-refractivity contribution in [3.05, 3.63) is 36.3 Å². The van der Waals surface area contributed by atoms with Crippen LogP contribution in [0.5, 0.6) is 0 Å². The van der Waals surface area contributed by atoms with Crippen molar-refractivity contribution in [3.63, 3.8) is 0 Å². The van der Waals surface area contributed by atoms with Crippen molar-refractivity contribution in [2.45, 2.75) is 43.7 Å². The van der Waals surface area contributed by atoms with Gasteiger partial charge < -0.3 is 19.2 Å². The molecule has 5 heteroatoms. The largest absolute Gasteiger partial charge is 0.381 e. The summed E-state index contributed by atoms with van der Waals surface area (Å²) in [5, 5.41) is 3.73. The van der Waals surface area contributed by atoms with E-state index in [0.29, 0.717) is 6.04 Å². The molecule has 0 amide bonds. The summed E-state index contributed by atoms with van der Waals surface area (Å²) >= 11 is 0. The summed E-state index contributed by atoms with van der Waals surface area (Å²) in [4.78, 5) is 4.45. The van der Waals surface area contributed by atoms with Gasteiger partial charge >= 0.3 is 0 Å². The zero-order valence-corrected chi connectivity index (χ0v) is 13.5. The Balaban J connectivity index is 1.32. The third-order valence-corrected chi connectivity index (χ3v) is 5.20. The minimum Gasteiger partial charge on any atom is -0.381 e. The minimum absolute atomic E-state index is 0.0669. The monoisotopic (exact) mass is 315 g/mol. The van der Waals surface area contributed by atoms with Gasteiger partial charge in [0.2, 0.25) is 0 Å². The van der Waals surface area contributed by atoms with Crippen LogP contribution in [0.3, 0.4) is 0 Å². The van der Waals surface area contributed by atoms with Gasteiger partial charge in [-0.1, -0.05) is 6.07 Å². The third-order valence-electron chi connectivity index (χ3n) is 5.20. The average Bonchev–Trinajstić information content (AvgIpc) is 2.99. The highest BCUT2D eigenvalue weighted by Crippen LogP contribution is 2.34. The number of hydrogen-bond donors (Lipinski definition) is 1. The lowest BCUT2D eigenvalue weighted by Gasteiger charge is -2.43. The zero-order valence-electron chi connectivity index (χ0n) is 13.5. The van der Waals surface area contributed by atoms with Crippen LogP contribution in [0, 0.1) is 0 Å². The molecule has 0 bridgehead atoms. The predicted molar refractivity (Wildman–Crippen MR) is 88.7 cm³/mol. The highest BCUT2D eigenvalue weighted by Gasteiger charge is 2.38. The summed E-state index contributed by atoms with van der Waals surface area (Å²) in [5.74, 6) is 0. The molecule has 2 saturated heterocycles. The van der Waals surface area contributed by atoms with E-state index in [0.717, 1.165) is 64.1 Å². The van der Waals surface area contributed by atoms with Gasteiger partial charge in [-0.2, -0.15) is 0 Å². The maximum atomic E-state index is 6.11. The first-order chi connectivity index (χ1) is 11.3. The summed E-state index contributed by atoms with van der Waals surface area (Å²) in [5.41, 5.74) is 2.35. The smallest absolute Gasteiger partial charge is 0.136 e. The first kappa shape index (κ1) is 15.1. The van der Waals surface area contributed by atoms with Gasteiger partial charge in [-0.15, -0.1) is 0 Å². The van der Waals surface area contributed by atoms with Crippen molar-refractivity contribution >= 4 is 5.65 Å². The van der Waals surface area contributed by atoms with Crippen LogP contribution >= 0.6 is 0 Å². The van der Waals surface area contributed by atoms with E-state index < -0.39 is 0 Å². The lowest BCUT2D eigenvalue weighted by Crippen LogP contribution is -2.50. The van der Waals surface area contributed by atoms with E-state index in [-0.39, 0.29) is 5.60 Å². The van der Waals surface area contributed by atoms with Gasteiger partial charge in [0.15, 0.2) is 0 Å². The zero-order chi connectivity index (χ0) is 15.5. The summed E-state index contributed by atoms with van der Waals surface area (Å²) in [6.45, 7) is 3.54. The van der Waals surface area contributed by atoms with E-state index in [1.165, 1.54) is 5.69 Å². The molecule has 4 rings (SSSR count). The second-order valence-electron chi connectivity index (χ2n) is 6.72. The topological polar surface area (TPSA) is 47.8 Å². The molecule has 1 spiro atoms. The second-order valence-corrected chi connectivity index (χ2v) is 6.72. The second kappa shape index (κ2) is 6.59. The van der Waals surface area contributed by atoms with Crippen molar-refractivity contribution in [2.75, 3.05) is 26.4 Å². The van der Waals surface area contributed by atoms with Crippen molar-refractivity contribution in [1.29, 1.82) is 0 Å². The van der Waals surface area contributed by atoms with Crippen LogP contribution in [-0.4, -0.2) is 47.4 Å². The van der Waals surface area contributed by atoms with Gasteiger partial charge in [0.25, 0.3) is 0 Å². The molecule has 1 atom stereocenters. The van der Waals surface area contributed by atoms with E-state index in [4.69, 9.17) is 9.47 Å². The molecule has 2 aromatic heterocycles. The van der Waals surface area contributed by atoms with E-state index in [9.17, 15) is 0 Å². The number of rotatable bonds is 4. The predicted octanol–water partition coefficient (Wildman–Crippen LogP) is 2.19. The summed E-state index contributed by atoms with van der Waals surface area (Å²) < 4.78 is 13.8. The number of nitrogens with zero attached hydrogens (tertiary/aromatic N) is 2. The van der Waals surface area contributed by atoms with Crippen LogP contribution < -0.4 is 5.32 Å². The van der Waals surface area contributed by atoms with Gasteiger partial charge in [0.1, 0.15) is 5.65 Å². The molecule has 0 saturated carbocycles. The fourth-order valence-electron chi connectivity index (χ4n) is 3.87. The summed E-state index contributed by atoms with van der Waals surface area (Å²) in [6, 6.07) is 6.68. The van der Waals surface area contributed by atoms with E-state index >= 15 is 0 Å². The number of pyridine rings is 1. The molecule has 2 aromatic rings. The molecule has 2 aliphatic rings. The van der Waals surface area contributed by atoms with Gasteiger partial charge in [-0.05, 0) is 37.8 Å². The van der Waals surface area contributed by atoms with Crippen LogP contribution in [0.25, 0.3) is 5.65 Å². The van der Waals surface area contributed by atoms with E-state index in [1.807, 2.05) is 18.3 Å². The van der Waals surface area contributed by atoms with Crippen molar-refractivity contribution in [1.82, 2.24) is 14.7 Å². The molecule has 23 heavy (non-hydrogen) atoms. The van der Waals surface area contributed by atoms with Gasteiger partial charge in [0, 0.05) is 56.9 Å². The van der Waals surface area contributed by atoms with Crippen molar-refractivity contribution < 1.29 is 9.47 Å². The quantitative estimate of drug-likeness (QED) is 0.939.